The van der Waals surface area contributed by atoms with E-state index in [9.17, 15) is 0 Å². The van der Waals surface area contributed by atoms with Gasteiger partial charge in [0.25, 0.3) is 0 Å². The van der Waals surface area contributed by atoms with E-state index in [0.29, 0.717) is 11.6 Å². The molecule has 0 saturated carbocycles. The van der Waals surface area contributed by atoms with Gasteiger partial charge in [-0.15, -0.1) is 0 Å². The van der Waals surface area contributed by atoms with Gasteiger partial charge in [0.2, 0.25) is 0 Å². The Hall–Kier alpha value is -3.20. The van der Waals surface area contributed by atoms with Gasteiger partial charge in [-0.25, -0.2) is 15.0 Å². The zero-order chi connectivity index (χ0) is 17.9. The second-order valence-corrected chi connectivity index (χ2v) is 6.67. The predicted octanol–water partition coefficient (Wildman–Crippen LogP) is 3.29. The van der Waals surface area contributed by atoms with Gasteiger partial charge in [0.05, 0.1) is 11.1 Å². The lowest BCUT2D eigenvalue weighted by Crippen LogP contribution is -2.39. The van der Waals surface area contributed by atoms with E-state index in [4.69, 9.17) is 5.26 Å². The first kappa shape index (κ1) is 16.3. The van der Waals surface area contributed by atoms with Crippen LogP contribution in [0.2, 0.25) is 0 Å². The van der Waals surface area contributed by atoms with Crippen LogP contribution in [0.3, 0.4) is 0 Å². The van der Waals surface area contributed by atoms with Crippen molar-refractivity contribution in [3.05, 3.63) is 54.0 Å². The van der Waals surface area contributed by atoms with Crippen molar-refractivity contribution in [3.8, 4) is 6.07 Å². The van der Waals surface area contributed by atoms with Crippen LogP contribution in [-0.2, 0) is 0 Å². The molecule has 1 aliphatic rings. The number of nitriles is 1. The molecule has 1 fully saturated rings. The van der Waals surface area contributed by atoms with Crippen LogP contribution in [-0.4, -0.2) is 34.1 Å². The van der Waals surface area contributed by atoms with Gasteiger partial charge in [-0.2, -0.15) is 5.26 Å². The zero-order valence-electron chi connectivity index (χ0n) is 14.7. The summed E-state index contributed by atoms with van der Waals surface area (Å²) in [6.45, 7) is 3.94. The van der Waals surface area contributed by atoms with Crippen LogP contribution in [0.25, 0.3) is 10.9 Å². The van der Waals surface area contributed by atoms with E-state index in [-0.39, 0.29) is 0 Å². The number of piperidine rings is 1. The van der Waals surface area contributed by atoms with E-state index >= 15 is 0 Å². The quantitative estimate of drug-likeness (QED) is 0.785. The molecule has 3 heterocycles. The molecule has 0 atom stereocenters. The molecule has 0 unspecified atom stereocenters. The Morgan fingerprint density at radius 2 is 1.96 bits per heavy atom. The van der Waals surface area contributed by atoms with E-state index in [1.807, 2.05) is 18.2 Å². The van der Waals surface area contributed by atoms with Crippen molar-refractivity contribution in [1.82, 2.24) is 15.0 Å². The Morgan fingerprint density at radius 3 is 2.69 bits per heavy atom. The number of nitrogens with zero attached hydrogens (tertiary/aromatic N) is 5. The molecule has 0 radical (unpaired) electrons. The molecule has 1 N–H and O–H groups in total. The third-order valence-corrected chi connectivity index (χ3v) is 4.83. The molecule has 6 nitrogen and oxygen atoms in total. The molecule has 2 aromatic heterocycles. The molecular formula is C20H20N6. The molecule has 1 aliphatic heterocycles. The van der Waals surface area contributed by atoms with Gasteiger partial charge in [0.15, 0.2) is 0 Å². The average molecular weight is 344 g/mol. The molecule has 4 rings (SSSR count). The fourth-order valence-corrected chi connectivity index (χ4v) is 3.37. The lowest BCUT2D eigenvalue weighted by Gasteiger charge is -2.33. The average Bonchev–Trinajstić information content (AvgIpc) is 2.69. The van der Waals surface area contributed by atoms with Gasteiger partial charge in [0, 0.05) is 30.7 Å². The molecule has 1 aromatic carbocycles. The summed E-state index contributed by atoms with van der Waals surface area (Å²) in [6.07, 6.45) is 5.28. The maximum Gasteiger partial charge on any atom is 0.137 e. The highest BCUT2D eigenvalue weighted by atomic mass is 15.2. The molecule has 0 spiro atoms. The number of fused-ring (bicyclic) bond motifs is 1. The van der Waals surface area contributed by atoms with Gasteiger partial charge in [0.1, 0.15) is 24.0 Å². The molecule has 0 amide bonds. The molecule has 6 heteroatoms. The number of benzene rings is 1. The fourth-order valence-electron chi connectivity index (χ4n) is 3.37. The number of nitrogens with one attached hydrogen (secondary N) is 1. The van der Waals surface area contributed by atoms with Crippen LogP contribution >= 0.6 is 0 Å². The first-order valence-electron chi connectivity index (χ1n) is 8.82. The Labute approximate surface area is 152 Å². The van der Waals surface area contributed by atoms with Crippen molar-refractivity contribution in [2.75, 3.05) is 23.3 Å². The SMILES string of the molecule is Cc1ccc2ncnc(NC3CCN(c4ccc(C#N)cn4)CC3)c2c1. The number of anilines is 2. The summed E-state index contributed by atoms with van der Waals surface area (Å²) in [6, 6.07) is 12.5. The van der Waals surface area contributed by atoms with Crippen molar-refractivity contribution >= 4 is 22.5 Å². The summed E-state index contributed by atoms with van der Waals surface area (Å²) in [4.78, 5) is 15.5. The largest absolute Gasteiger partial charge is 0.367 e. The minimum atomic E-state index is 0.378. The van der Waals surface area contributed by atoms with Crippen molar-refractivity contribution < 1.29 is 0 Å². The highest BCUT2D eigenvalue weighted by molar-refractivity contribution is 5.89. The molecule has 3 aromatic rings. The minimum absolute atomic E-state index is 0.378. The van der Waals surface area contributed by atoms with E-state index in [2.05, 4.69) is 50.3 Å². The van der Waals surface area contributed by atoms with Crippen molar-refractivity contribution in [1.29, 1.82) is 5.26 Å². The lowest BCUT2D eigenvalue weighted by atomic mass is 10.0. The predicted molar refractivity (Wildman–Crippen MR) is 102 cm³/mol. The number of hydrogen-bond acceptors (Lipinski definition) is 6. The topological polar surface area (TPSA) is 77.7 Å². The third-order valence-electron chi connectivity index (χ3n) is 4.83. The van der Waals surface area contributed by atoms with Crippen LogP contribution < -0.4 is 10.2 Å². The molecule has 130 valence electrons. The first-order chi connectivity index (χ1) is 12.7. The molecular weight excluding hydrogens is 324 g/mol. The van der Waals surface area contributed by atoms with Crippen LogP contribution in [0.15, 0.2) is 42.9 Å². The van der Waals surface area contributed by atoms with Gasteiger partial charge in [-0.05, 0) is 44.0 Å². The highest BCUT2D eigenvalue weighted by Gasteiger charge is 2.21. The maximum atomic E-state index is 8.88. The number of aryl methyl sites for hydroxylation is 1. The van der Waals surface area contributed by atoms with Gasteiger partial charge in [-0.1, -0.05) is 11.6 Å². The second kappa shape index (κ2) is 6.96. The smallest absolute Gasteiger partial charge is 0.137 e. The molecule has 0 aliphatic carbocycles. The number of aromatic nitrogens is 3. The molecule has 1 saturated heterocycles. The van der Waals surface area contributed by atoms with E-state index in [0.717, 1.165) is 48.5 Å². The molecule has 0 bridgehead atoms. The van der Waals surface area contributed by atoms with Crippen molar-refractivity contribution in [3.63, 3.8) is 0 Å². The fraction of sp³-hybridized carbons (Fsp3) is 0.300. The van der Waals surface area contributed by atoms with Crippen LogP contribution in [0, 0.1) is 18.3 Å². The van der Waals surface area contributed by atoms with Gasteiger partial charge < -0.3 is 10.2 Å². The second-order valence-electron chi connectivity index (χ2n) is 6.67. The number of pyridine rings is 1. The van der Waals surface area contributed by atoms with E-state index in [1.54, 1.807) is 12.5 Å². The summed E-state index contributed by atoms with van der Waals surface area (Å²) in [5, 5.41) is 13.6. The highest BCUT2D eigenvalue weighted by Crippen LogP contribution is 2.24. The Kier molecular flexibility index (Phi) is 4.36. The number of hydrogen-bond donors (Lipinski definition) is 1. The summed E-state index contributed by atoms with van der Waals surface area (Å²) >= 11 is 0. The lowest BCUT2D eigenvalue weighted by molar-refractivity contribution is 0.523. The van der Waals surface area contributed by atoms with Gasteiger partial charge >= 0.3 is 0 Å². The summed E-state index contributed by atoms with van der Waals surface area (Å²) in [7, 11) is 0. The maximum absolute atomic E-state index is 8.88. The Morgan fingerprint density at radius 1 is 1.12 bits per heavy atom. The number of rotatable bonds is 3. The van der Waals surface area contributed by atoms with Crippen molar-refractivity contribution in [2.45, 2.75) is 25.8 Å². The molecule has 26 heavy (non-hydrogen) atoms. The zero-order valence-corrected chi connectivity index (χ0v) is 14.7. The summed E-state index contributed by atoms with van der Waals surface area (Å²) in [5.41, 5.74) is 2.76. The summed E-state index contributed by atoms with van der Waals surface area (Å²) in [5.74, 6) is 1.85. The minimum Gasteiger partial charge on any atom is -0.367 e. The summed E-state index contributed by atoms with van der Waals surface area (Å²) < 4.78 is 0. The monoisotopic (exact) mass is 344 g/mol. The van der Waals surface area contributed by atoms with Crippen molar-refractivity contribution in [2.24, 2.45) is 0 Å². The third kappa shape index (κ3) is 3.29. The van der Waals surface area contributed by atoms with Crippen LogP contribution in [0.4, 0.5) is 11.6 Å². The first-order valence-corrected chi connectivity index (χ1v) is 8.82. The van der Waals surface area contributed by atoms with Crippen LogP contribution in [0.1, 0.15) is 24.0 Å². The normalized spacial score (nSPS) is 15.0. The van der Waals surface area contributed by atoms with Gasteiger partial charge in [-0.3, -0.25) is 0 Å². The Balaban J connectivity index is 1.44. The van der Waals surface area contributed by atoms with E-state index in [1.165, 1.54) is 5.56 Å². The van der Waals surface area contributed by atoms with Crippen LogP contribution in [0.5, 0.6) is 0 Å². The Bertz CT molecular complexity index is 952. The standard InChI is InChI=1S/C20H20N6/c1-14-2-4-18-17(10-14)20(24-13-23-18)25-16-6-8-26(9-7-16)19-5-3-15(11-21)12-22-19/h2-5,10,12-13,16H,6-9H2,1H3,(H,23,24,25). The van der Waals surface area contributed by atoms with E-state index < -0.39 is 0 Å².